The van der Waals surface area contributed by atoms with Crippen LogP contribution >= 0.6 is 11.6 Å². The van der Waals surface area contributed by atoms with Gasteiger partial charge < -0.3 is 14.4 Å². The lowest BCUT2D eigenvalue weighted by Crippen LogP contribution is -2.43. The highest BCUT2D eigenvalue weighted by Crippen LogP contribution is 2.19. The third-order valence-corrected chi connectivity index (χ3v) is 4.26. The Hall–Kier alpha value is -1.75. The first-order valence-electron chi connectivity index (χ1n) is 7.64. The largest absolute Gasteiger partial charge is 0.459 e. The Balaban J connectivity index is 2.67. The molecule has 0 N–H and O–H groups in total. The highest BCUT2D eigenvalue weighted by atomic mass is 35.5. The molecule has 0 aliphatic carbocycles. The van der Waals surface area contributed by atoms with Gasteiger partial charge in [0.25, 0.3) is 0 Å². The normalized spacial score (nSPS) is 14.5. The molecule has 0 saturated heterocycles. The molecular weight excluding hydrogens is 318 g/mol. The Labute approximate surface area is 142 Å². The molecule has 0 saturated carbocycles. The second-order valence-corrected chi connectivity index (χ2v) is 5.97. The number of carbonyl (C=O) groups excluding carboxylic acids is 2. The second-order valence-electron chi connectivity index (χ2n) is 5.53. The van der Waals surface area contributed by atoms with E-state index in [4.69, 9.17) is 21.1 Å². The number of ether oxygens (including phenoxy) is 2. The number of hydrogen-bond acceptors (Lipinski definition) is 4. The highest BCUT2D eigenvalue weighted by molar-refractivity contribution is 6.30. The molecule has 1 aromatic rings. The lowest BCUT2D eigenvalue weighted by molar-refractivity contribution is 0.00870. The van der Waals surface area contributed by atoms with Gasteiger partial charge in [-0.1, -0.05) is 24.6 Å². The van der Waals surface area contributed by atoms with Crippen molar-refractivity contribution in [2.45, 2.75) is 39.8 Å². The Morgan fingerprint density at radius 3 is 2.48 bits per heavy atom. The van der Waals surface area contributed by atoms with Crippen molar-refractivity contribution in [3.8, 4) is 0 Å². The molecule has 0 fully saturated rings. The van der Waals surface area contributed by atoms with Crippen molar-refractivity contribution in [2.24, 2.45) is 5.92 Å². The van der Waals surface area contributed by atoms with Crippen LogP contribution in [-0.2, 0) is 9.47 Å². The van der Waals surface area contributed by atoms with E-state index in [1.54, 1.807) is 38.2 Å². The van der Waals surface area contributed by atoms with Gasteiger partial charge in [-0.2, -0.15) is 0 Å². The van der Waals surface area contributed by atoms with Crippen LogP contribution in [0.5, 0.6) is 0 Å². The smallest absolute Gasteiger partial charge is 0.409 e. The van der Waals surface area contributed by atoms with Gasteiger partial charge in [0.05, 0.1) is 12.2 Å². The van der Waals surface area contributed by atoms with Crippen molar-refractivity contribution in [3.05, 3.63) is 34.9 Å². The molecule has 0 aromatic heterocycles. The minimum atomic E-state index is -0.433. The van der Waals surface area contributed by atoms with Gasteiger partial charge in [0, 0.05) is 24.0 Å². The molecule has 0 heterocycles. The Morgan fingerprint density at radius 1 is 1.26 bits per heavy atom. The van der Waals surface area contributed by atoms with Gasteiger partial charge in [-0.3, -0.25) is 0 Å². The maximum atomic E-state index is 12.2. The lowest BCUT2D eigenvalue weighted by atomic mass is 9.97. The van der Waals surface area contributed by atoms with Gasteiger partial charge >= 0.3 is 12.1 Å². The molecule has 0 radical (unpaired) electrons. The SMILES string of the molecule is CCOC(=O)N(C)C(C)C(C)C(C)OC(=O)c1cccc(Cl)c1. The van der Waals surface area contributed by atoms with Crippen LogP contribution in [0.2, 0.25) is 5.02 Å². The number of rotatable bonds is 6. The average molecular weight is 342 g/mol. The summed E-state index contributed by atoms with van der Waals surface area (Å²) in [6.45, 7) is 7.71. The minimum Gasteiger partial charge on any atom is -0.459 e. The fourth-order valence-corrected chi connectivity index (χ4v) is 2.29. The molecule has 5 nitrogen and oxygen atoms in total. The lowest BCUT2D eigenvalue weighted by Gasteiger charge is -2.32. The predicted octanol–water partition coefficient (Wildman–Crippen LogP) is 4.00. The number of benzene rings is 1. The van der Waals surface area contributed by atoms with E-state index in [1.165, 1.54) is 4.90 Å². The van der Waals surface area contributed by atoms with E-state index in [0.29, 0.717) is 17.2 Å². The molecule has 1 aromatic carbocycles. The predicted molar refractivity (Wildman–Crippen MR) is 89.7 cm³/mol. The second kappa shape index (κ2) is 8.77. The molecule has 0 aliphatic rings. The van der Waals surface area contributed by atoms with Gasteiger partial charge in [-0.15, -0.1) is 0 Å². The molecule has 3 atom stereocenters. The van der Waals surface area contributed by atoms with Gasteiger partial charge in [-0.05, 0) is 39.0 Å². The number of carbonyl (C=O) groups is 2. The molecule has 128 valence electrons. The third kappa shape index (κ3) is 5.43. The van der Waals surface area contributed by atoms with Crippen molar-refractivity contribution >= 4 is 23.7 Å². The van der Waals surface area contributed by atoms with Crippen molar-refractivity contribution in [1.29, 1.82) is 0 Å². The number of halogens is 1. The van der Waals surface area contributed by atoms with Crippen LogP contribution in [0.1, 0.15) is 38.1 Å². The van der Waals surface area contributed by atoms with Gasteiger partial charge in [0.1, 0.15) is 6.10 Å². The van der Waals surface area contributed by atoms with Crippen LogP contribution in [0, 0.1) is 5.92 Å². The van der Waals surface area contributed by atoms with E-state index in [1.807, 2.05) is 20.8 Å². The Kier molecular flexibility index (Phi) is 7.36. The number of hydrogen-bond donors (Lipinski definition) is 0. The van der Waals surface area contributed by atoms with Crippen molar-refractivity contribution in [2.75, 3.05) is 13.7 Å². The topological polar surface area (TPSA) is 55.8 Å². The molecule has 1 amide bonds. The van der Waals surface area contributed by atoms with Crippen LogP contribution in [0.15, 0.2) is 24.3 Å². The minimum absolute atomic E-state index is 0.0625. The summed E-state index contributed by atoms with van der Waals surface area (Å²) in [5.74, 6) is -0.495. The summed E-state index contributed by atoms with van der Waals surface area (Å²) in [7, 11) is 1.67. The molecule has 1 rings (SSSR count). The molecule has 0 spiro atoms. The first-order chi connectivity index (χ1) is 10.8. The number of amides is 1. The van der Waals surface area contributed by atoms with E-state index in [2.05, 4.69) is 0 Å². The first-order valence-corrected chi connectivity index (χ1v) is 8.01. The van der Waals surface area contributed by atoms with E-state index in [-0.39, 0.29) is 24.2 Å². The van der Waals surface area contributed by atoms with E-state index in [9.17, 15) is 9.59 Å². The standard InChI is InChI=1S/C17H24ClNO4/c1-6-22-17(21)19(5)12(3)11(2)13(4)23-16(20)14-8-7-9-15(18)10-14/h7-13H,6H2,1-5H3. The summed E-state index contributed by atoms with van der Waals surface area (Å²) in [4.78, 5) is 25.4. The third-order valence-electron chi connectivity index (χ3n) is 4.02. The fourth-order valence-electron chi connectivity index (χ4n) is 2.10. The van der Waals surface area contributed by atoms with Crippen molar-refractivity contribution in [1.82, 2.24) is 4.90 Å². The monoisotopic (exact) mass is 341 g/mol. The Bertz CT molecular complexity index is 549. The summed E-state index contributed by atoms with van der Waals surface area (Å²) >= 11 is 5.88. The van der Waals surface area contributed by atoms with Gasteiger partial charge in [0.2, 0.25) is 0 Å². The molecular formula is C17H24ClNO4. The number of nitrogens with zero attached hydrogens (tertiary/aromatic N) is 1. The number of esters is 1. The summed E-state index contributed by atoms with van der Waals surface area (Å²) in [5.41, 5.74) is 0.406. The van der Waals surface area contributed by atoms with Crippen LogP contribution in [0.3, 0.4) is 0 Å². The average Bonchev–Trinajstić information content (AvgIpc) is 2.52. The summed E-state index contributed by atoms with van der Waals surface area (Å²) in [6, 6.07) is 6.47. The van der Waals surface area contributed by atoms with E-state index >= 15 is 0 Å². The molecule has 0 aliphatic heterocycles. The summed E-state index contributed by atoms with van der Waals surface area (Å²) in [6.07, 6.45) is -0.756. The Morgan fingerprint density at radius 2 is 1.91 bits per heavy atom. The van der Waals surface area contributed by atoms with Crippen molar-refractivity contribution in [3.63, 3.8) is 0 Å². The zero-order valence-electron chi connectivity index (χ0n) is 14.2. The highest BCUT2D eigenvalue weighted by Gasteiger charge is 2.28. The summed E-state index contributed by atoms with van der Waals surface area (Å²) in [5, 5.41) is 0.482. The fraction of sp³-hybridized carbons (Fsp3) is 0.529. The maximum Gasteiger partial charge on any atom is 0.409 e. The van der Waals surface area contributed by atoms with Crippen LogP contribution in [0.25, 0.3) is 0 Å². The summed E-state index contributed by atoms with van der Waals surface area (Å²) < 4.78 is 10.5. The zero-order valence-corrected chi connectivity index (χ0v) is 15.0. The van der Waals surface area contributed by atoms with Gasteiger partial charge in [0.15, 0.2) is 0 Å². The quantitative estimate of drug-likeness (QED) is 0.734. The van der Waals surface area contributed by atoms with Crippen LogP contribution < -0.4 is 0 Å². The van der Waals surface area contributed by atoms with E-state index in [0.717, 1.165) is 0 Å². The zero-order chi connectivity index (χ0) is 17.6. The first kappa shape index (κ1) is 19.3. The van der Waals surface area contributed by atoms with Crippen molar-refractivity contribution < 1.29 is 19.1 Å². The molecule has 3 unspecified atom stereocenters. The van der Waals surface area contributed by atoms with Crippen LogP contribution in [-0.4, -0.2) is 42.8 Å². The van der Waals surface area contributed by atoms with Crippen LogP contribution in [0.4, 0.5) is 4.79 Å². The molecule has 23 heavy (non-hydrogen) atoms. The maximum absolute atomic E-state index is 12.2. The van der Waals surface area contributed by atoms with Gasteiger partial charge in [-0.25, -0.2) is 9.59 Å². The van der Waals surface area contributed by atoms with E-state index < -0.39 is 5.97 Å². The molecule has 0 bridgehead atoms. The molecule has 6 heteroatoms.